The van der Waals surface area contributed by atoms with Crippen molar-refractivity contribution in [2.45, 2.75) is 24.0 Å². The fourth-order valence-corrected chi connectivity index (χ4v) is 2.40. The molecule has 5 nitrogen and oxygen atoms in total. The first-order valence-corrected chi connectivity index (χ1v) is 7.36. The highest BCUT2D eigenvalue weighted by Gasteiger charge is 2.13. The van der Waals surface area contributed by atoms with Gasteiger partial charge < -0.3 is 19.7 Å². The third-order valence-corrected chi connectivity index (χ3v) is 3.72. The summed E-state index contributed by atoms with van der Waals surface area (Å²) < 4.78 is 23.5. The summed E-state index contributed by atoms with van der Waals surface area (Å²) in [6.07, 6.45) is -0.813. The molecule has 1 rings (SSSR count). The molecular weight excluding hydrogens is 299 g/mol. The summed E-state index contributed by atoms with van der Waals surface area (Å²) in [5.74, 6) is -1.76. The van der Waals surface area contributed by atoms with Crippen LogP contribution in [0.5, 0.6) is 0 Å². The van der Waals surface area contributed by atoms with Crippen molar-refractivity contribution in [2.75, 3.05) is 26.1 Å². The first kappa shape index (κ1) is 17.9. The maximum absolute atomic E-state index is 13.2. The van der Waals surface area contributed by atoms with Gasteiger partial charge in [0.2, 0.25) is 0 Å². The minimum absolute atomic E-state index is 0.112. The highest BCUT2D eigenvalue weighted by atomic mass is 32.2. The van der Waals surface area contributed by atoms with Crippen LogP contribution in [0.2, 0.25) is 0 Å². The molecule has 0 aliphatic carbocycles. The highest BCUT2D eigenvalue weighted by molar-refractivity contribution is 7.99. The number of aliphatic hydroxyl groups excluding tert-OH is 1. The van der Waals surface area contributed by atoms with Crippen LogP contribution in [0.15, 0.2) is 23.1 Å². The molecule has 0 radical (unpaired) electrons. The SMILES string of the molecule is COCC(C)OCC(O)CSc1ccc(F)c(C(=O)O)c1. The van der Waals surface area contributed by atoms with Gasteiger partial charge in [-0.15, -0.1) is 11.8 Å². The van der Waals surface area contributed by atoms with Crippen LogP contribution in [0.3, 0.4) is 0 Å². The lowest BCUT2D eigenvalue weighted by Gasteiger charge is -2.15. The Morgan fingerprint density at radius 1 is 1.43 bits per heavy atom. The summed E-state index contributed by atoms with van der Waals surface area (Å²) in [5.41, 5.74) is -0.376. The fourth-order valence-electron chi connectivity index (χ4n) is 1.56. The zero-order valence-corrected chi connectivity index (χ0v) is 12.7. The monoisotopic (exact) mass is 318 g/mol. The number of carbonyl (C=O) groups is 1. The first-order chi connectivity index (χ1) is 9.93. The number of rotatable bonds is 9. The molecule has 118 valence electrons. The van der Waals surface area contributed by atoms with Crippen LogP contribution in [-0.4, -0.2) is 54.5 Å². The number of halogens is 1. The van der Waals surface area contributed by atoms with Crippen LogP contribution >= 0.6 is 11.8 Å². The average Bonchev–Trinajstić information content (AvgIpc) is 2.44. The Bertz CT molecular complexity index is 469. The number of aliphatic hydroxyl groups is 1. The Labute approximate surface area is 127 Å². The van der Waals surface area contributed by atoms with Crippen LogP contribution < -0.4 is 0 Å². The number of aromatic carboxylic acids is 1. The molecule has 21 heavy (non-hydrogen) atoms. The van der Waals surface area contributed by atoms with Gasteiger partial charge >= 0.3 is 5.97 Å². The molecular formula is C14H19FO5S. The van der Waals surface area contributed by atoms with E-state index in [1.165, 1.54) is 23.9 Å². The molecule has 2 N–H and O–H groups in total. The van der Waals surface area contributed by atoms with Crippen LogP contribution in [-0.2, 0) is 9.47 Å². The van der Waals surface area contributed by atoms with Crippen molar-refractivity contribution in [3.05, 3.63) is 29.6 Å². The number of hydrogen-bond acceptors (Lipinski definition) is 5. The Morgan fingerprint density at radius 3 is 2.76 bits per heavy atom. The van der Waals surface area contributed by atoms with Gasteiger partial charge in [-0.2, -0.15) is 0 Å². The average molecular weight is 318 g/mol. The molecule has 0 amide bonds. The number of benzene rings is 1. The summed E-state index contributed by atoms with van der Waals surface area (Å²) >= 11 is 1.24. The molecule has 7 heteroatoms. The van der Waals surface area contributed by atoms with Crippen LogP contribution in [0.4, 0.5) is 4.39 Å². The van der Waals surface area contributed by atoms with E-state index in [1.54, 1.807) is 7.11 Å². The van der Waals surface area contributed by atoms with Gasteiger partial charge in [-0.05, 0) is 25.1 Å². The van der Waals surface area contributed by atoms with E-state index in [1.807, 2.05) is 6.92 Å². The van der Waals surface area contributed by atoms with Crippen LogP contribution in [0.25, 0.3) is 0 Å². The normalized spacial score (nSPS) is 13.9. The Morgan fingerprint density at radius 2 is 2.14 bits per heavy atom. The van der Waals surface area contributed by atoms with E-state index in [0.29, 0.717) is 17.3 Å². The van der Waals surface area contributed by atoms with Gasteiger partial charge in [0, 0.05) is 17.8 Å². The molecule has 2 atom stereocenters. The second-order valence-electron chi connectivity index (χ2n) is 4.51. The third-order valence-electron chi connectivity index (χ3n) is 2.59. The number of hydrogen-bond donors (Lipinski definition) is 2. The predicted molar refractivity (Wildman–Crippen MR) is 77.4 cm³/mol. The molecule has 0 aliphatic rings. The summed E-state index contributed by atoms with van der Waals surface area (Å²) in [6.45, 7) is 2.44. The zero-order chi connectivity index (χ0) is 15.8. The fraction of sp³-hybridized carbons (Fsp3) is 0.500. The molecule has 1 aromatic rings. The van der Waals surface area contributed by atoms with E-state index >= 15 is 0 Å². The minimum Gasteiger partial charge on any atom is -0.478 e. The summed E-state index contributed by atoms with van der Waals surface area (Å²) in [6, 6.07) is 3.84. The lowest BCUT2D eigenvalue weighted by molar-refractivity contribution is -0.0257. The van der Waals surface area contributed by atoms with Crippen molar-refractivity contribution in [2.24, 2.45) is 0 Å². The molecule has 1 aromatic carbocycles. The lowest BCUT2D eigenvalue weighted by Crippen LogP contribution is -2.24. The van der Waals surface area contributed by atoms with Crippen molar-refractivity contribution in [1.29, 1.82) is 0 Å². The zero-order valence-electron chi connectivity index (χ0n) is 11.9. The molecule has 0 aliphatic heterocycles. The lowest BCUT2D eigenvalue weighted by atomic mass is 10.2. The Kier molecular flexibility index (Phi) is 7.66. The van der Waals surface area contributed by atoms with Gasteiger partial charge in [0.1, 0.15) is 5.82 Å². The van der Waals surface area contributed by atoms with Crippen molar-refractivity contribution in [1.82, 2.24) is 0 Å². The Hall–Kier alpha value is -1.15. The van der Waals surface area contributed by atoms with E-state index in [-0.39, 0.29) is 18.3 Å². The maximum atomic E-state index is 13.2. The highest BCUT2D eigenvalue weighted by Crippen LogP contribution is 2.22. The second kappa shape index (κ2) is 8.99. The molecule has 0 aromatic heterocycles. The number of carboxylic acid groups (broad SMARTS) is 1. The topological polar surface area (TPSA) is 76.0 Å². The van der Waals surface area contributed by atoms with E-state index in [2.05, 4.69) is 0 Å². The number of carboxylic acids is 1. The summed E-state index contributed by atoms with van der Waals surface area (Å²) in [5, 5.41) is 18.6. The smallest absolute Gasteiger partial charge is 0.338 e. The van der Waals surface area contributed by atoms with Crippen molar-refractivity contribution in [3.63, 3.8) is 0 Å². The molecule has 0 heterocycles. The first-order valence-electron chi connectivity index (χ1n) is 6.38. The summed E-state index contributed by atoms with van der Waals surface area (Å²) in [7, 11) is 1.57. The van der Waals surface area contributed by atoms with Gasteiger partial charge in [-0.1, -0.05) is 0 Å². The molecule has 0 spiro atoms. The number of thioether (sulfide) groups is 1. The second-order valence-corrected chi connectivity index (χ2v) is 5.60. The Balaban J connectivity index is 2.44. The van der Waals surface area contributed by atoms with Crippen LogP contribution in [0.1, 0.15) is 17.3 Å². The van der Waals surface area contributed by atoms with E-state index in [9.17, 15) is 14.3 Å². The van der Waals surface area contributed by atoms with Gasteiger partial charge in [-0.25, -0.2) is 9.18 Å². The standard InChI is InChI=1S/C14H19FO5S/c1-9(6-19-2)20-7-10(16)8-21-11-3-4-13(15)12(5-11)14(17)18/h3-5,9-10,16H,6-8H2,1-2H3,(H,17,18). The molecule has 0 bridgehead atoms. The molecule has 0 saturated heterocycles. The molecule has 0 saturated carbocycles. The minimum atomic E-state index is -1.31. The van der Waals surface area contributed by atoms with Gasteiger partial charge in [0.25, 0.3) is 0 Å². The van der Waals surface area contributed by atoms with Crippen molar-refractivity contribution < 1.29 is 28.9 Å². The number of methoxy groups -OCH3 is 1. The molecule has 0 fully saturated rings. The van der Waals surface area contributed by atoms with E-state index < -0.39 is 17.9 Å². The van der Waals surface area contributed by atoms with Gasteiger partial charge in [0.15, 0.2) is 0 Å². The number of ether oxygens (including phenoxy) is 2. The van der Waals surface area contributed by atoms with Crippen molar-refractivity contribution in [3.8, 4) is 0 Å². The van der Waals surface area contributed by atoms with E-state index in [4.69, 9.17) is 14.6 Å². The van der Waals surface area contributed by atoms with Gasteiger partial charge in [-0.3, -0.25) is 0 Å². The largest absolute Gasteiger partial charge is 0.478 e. The maximum Gasteiger partial charge on any atom is 0.338 e. The van der Waals surface area contributed by atoms with Crippen LogP contribution in [0, 0.1) is 5.82 Å². The van der Waals surface area contributed by atoms with Crippen molar-refractivity contribution >= 4 is 17.7 Å². The third kappa shape index (κ3) is 6.43. The summed E-state index contributed by atoms with van der Waals surface area (Å²) in [4.78, 5) is 11.4. The van der Waals surface area contributed by atoms with Gasteiger partial charge in [0.05, 0.1) is 31.0 Å². The van der Waals surface area contributed by atoms with E-state index in [0.717, 1.165) is 6.07 Å². The molecule has 2 unspecified atom stereocenters. The quantitative estimate of drug-likeness (QED) is 0.679. The predicted octanol–water partition coefficient (Wildman–Crippen LogP) is 2.03.